The molecule has 0 radical (unpaired) electrons. The van der Waals surface area contributed by atoms with Crippen LogP contribution in [0.25, 0.3) is 64.0 Å². The molecule has 0 bridgehead atoms. The fourth-order valence-electron chi connectivity index (χ4n) is 6.87. The first-order chi connectivity index (χ1) is 21.7. The van der Waals surface area contributed by atoms with Gasteiger partial charge in [-0.3, -0.25) is 0 Å². The number of hydrogen-bond donors (Lipinski definition) is 0. The van der Waals surface area contributed by atoms with Crippen molar-refractivity contribution in [3.05, 3.63) is 107 Å². The predicted octanol–water partition coefficient (Wildman–Crippen LogP) is 14.0. The number of unbranched alkanes of at least 4 members (excludes halogenated alkanes) is 6. The molecule has 0 spiro atoms. The second-order valence-electron chi connectivity index (χ2n) is 12.4. The van der Waals surface area contributed by atoms with Gasteiger partial charge in [-0.15, -0.1) is 22.7 Å². The highest BCUT2D eigenvalue weighted by atomic mass is 32.1. The van der Waals surface area contributed by atoms with Crippen LogP contribution in [0.3, 0.4) is 0 Å². The second-order valence-corrected chi connectivity index (χ2v) is 14.7. The average Bonchev–Trinajstić information content (AvgIpc) is 3.72. The van der Waals surface area contributed by atoms with Crippen molar-refractivity contribution in [1.29, 1.82) is 0 Å². The van der Waals surface area contributed by atoms with Gasteiger partial charge in [0, 0.05) is 30.6 Å². The van der Waals surface area contributed by atoms with Crippen LogP contribution >= 0.6 is 22.7 Å². The van der Waals surface area contributed by atoms with Gasteiger partial charge in [0.15, 0.2) is 0 Å². The Morgan fingerprint density at radius 2 is 0.773 bits per heavy atom. The lowest BCUT2D eigenvalue weighted by Gasteiger charge is -2.18. The Kier molecular flexibility index (Phi) is 8.82. The van der Waals surface area contributed by atoms with Crippen molar-refractivity contribution in [2.45, 2.75) is 78.1 Å². The van der Waals surface area contributed by atoms with Crippen LogP contribution in [0.4, 0.5) is 0 Å². The van der Waals surface area contributed by atoms with Crippen LogP contribution in [-0.2, 0) is 12.8 Å². The maximum Gasteiger partial charge on any atom is 0.0358 e. The summed E-state index contributed by atoms with van der Waals surface area (Å²) in [6.45, 7) is 4.59. The molecule has 44 heavy (non-hydrogen) atoms. The molecule has 0 aliphatic rings. The van der Waals surface area contributed by atoms with Crippen molar-refractivity contribution in [3.63, 3.8) is 0 Å². The van der Waals surface area contributed by atoms with E-state index in [-0.39, 0.29) is 0 Å². The van der Waals surface area contributed by atoms with Gasteiger partial charge in [-0.05, 0) is 117 Å². The van der Waals surface area contributed by atoms with E-state index in [9.17, 15) is 0 Å². The van der Waals surface area contributed by atoms with E-state index in [0.717, 1.165) is 0 Å². The molecule has 0 unspecified atom stereocenters. The first-order valence-electron chi connectivity index (χ1n) is 16.7. The van der Waals surface area contributed by atoms with Crippen LogP contribution in [0.5, 0.6) is 0 Å². The Bertz CT molecular complexity index is 1810. The summed E-state index contributed by atoms with van der Waals surface area (Å²) in [5.74, 6) is 0. The molecule has 222 valence electrons. The van der Waals surface area contributed by atoms with Crippen LogP contribution < -0.4 is 0 Å². The number of rotatable bonds is 12. The molecule has 0 aliphatic heterocycles. The van der Waals surface area contributed by atoms with E-state index in [1.807, 2.05) is 22.7 Å². The predicted molar refractivity (Wildman–Crippen MR) is 199 cm³/mol. The smallest absolute Gasteiger partial charge is 0.0358 e. The zero-order valence-corrected chi connectivity index (χ0v) is 27.8. The van der Waals surface area contributed by atoms with Crippen molar-refractivity contribution in [2.24, 2.45) is 0 Å². The second kappa shape index (κ2) is 13.3. The molecule has 2 heterocycles. The number of aryl methyl sites for hydroxylation is 2. The minimum absolute atomic E-state index is 1.18. The highest BCUT2D eigenvalue weighted by molar-refractivity contribution is 7.16. The molecule has 7 aromatic rings. The highest BCUT2D eigenvalue weighted by Gasteiger charge is 2.20. The van der Waals surface area contributed by atoms with Gasteiger partial charge in [-0.1, -0.05) is 101 Å². The van der Waals surface area contributed by atoms with E-state index in [2.05, 4.69) is 111 Å². The molecule has 0 saturated carbocycles. The molecule has 0 amide bonds. The highest BCUT2D eigenvalue weighted by Crippen LogP contribution is 2.48. The quantitative estimate of drug-likeness (QED) is 0.0953. The molecule has 0 aliphatic carbocycles. The normalized spacial score (nSPS) is 11.9. The molecule has 7 rings (SSSR count). The largest absolute Gasteiger partial charge is 0.140 e. The molecule has 0 saturated heterocycles. The Balaban J connectivity index is 1.48. The van der Waals surface area contributed by atoms with Gasteiger partial charge in [0.25, 0.3) is 0 Å². The van der Waals surface area contributed by atoms with E-state index < -0.39 is 0 Å². The molecule has 2 aromatic heterocycles. The summed E-state index contributed by atoms with van der Waals surface area (Å²) in [5, 5.41) is 10.7. The number of fused-ring (bicyclic) bond motifs is 4. The summed E-state index contributed by atoms with van der Waals surface area (Å²) < 4.78 is 0. The first kappa shape index (κ1) is 29.3. The molecule has 5 aromatic carbocycles. The molecule has 0 nitrogen and oxygen atoms in total. The number of benzene rings is 5. The maximum atomic E-state index is 2.47. The van der Waals surface area contributed by atoms with E-state index >= 15 is 0 Å². The third-order valence-electron chi connectivity index (χ3n) is 9.22. The van der Waals surface area contributed by atoms with Crippen LogP contribution in [0, 0.1) is 0 Å². The van der Waals surface area contributed by atoms with E-state index in [4.69, 9.17) is 0 Å². The lowest BCUT2D eigenvalue weighted by molar-refractivity contribution is 0.670. The van der Waals surface area contributed by atoms with Crippen LogP contribution in [0.2, 0.25) is 0 Å². The summed E-state index contributed by atoms with van der Waals surface area (Å²) in [4.78, 5) is 5.80. The Hall–Kier alpha value is -3.46. The molecular weight excluding hydrogens is 569 g/mol. The Morgan fingerprint density at radius 1 is 0.409 bits per heavy atom. The summed E-state index contributed by atoms with van der Waals surface area (Å²) in [6.07, 6.45) is 12.8. The van der Waals surface area contributed by atoms with E-state index in [0.29, 0.717) is 0 Å². The van der Waals surface area contributed by atoms with Gasteiger partial charge >= 0.3 is 0 Å². The summed E-state index contributed by atoms with van der Waals surface area (Å²) >= 11 is 4.01. The fraction of sp³-hybridized carbons (Fsp3) is 0.286. The van der Waals surface area contributed by atoms with Crippen molar-refractivity contribution in [2.75, 3.05) is 0 Å². The van der Waals surface area contributed by atoms with Gasteiger partial charge in [0.05, 0.1) is 0 Å². The van der Waals surface area contributed by atoms with E-state index in [1.165, 1.54) is 138 Å². The maximum absolute atomic E-state index is 2.47. The third kappa shape index (κ3) is 5.83. The summed E-state index contributed by atoms with van der Waals surface area (Å²) in [6, 6.07) is 37.3. The van der Waals surface area contributed by atoms with Gasteiger partial charge < -0.3 is 0 Å². The van der Waals surface area contributed by atoms with Crippen LogP contribution in [0.15, 0.2) is 97.1 Å². The molecule has 0 N–H and O–H groups in total. The average molecular weight is 611 g/mol. The zero-order chi connectivity index (χ0) is 29.9. The molecule has 0 fully saturated rings. The molecule has 0 atom stereocenters. The lowest BCUT2D eigenvalue weighted by Crippen LogP contribution is -1.90. The SMILES string of the molecule is CCCCCCc1ccc(-c2c3cc4ccccc4cc3c(-c3ccc(CCCCCC)s3)c3cc4ccccc4cc23)s1. The van der Waals surface area contributed by atoms with Gasteiger partial charge in [-0.25, -0.2) is 0 Å². The van der Waals surface area contributed by atoms with Gasteiger partial charge in [0.1, 0.15) is 0 Å². The van der Waals surface area contributed by atoms with Gasteiger partial charge in [-0.2, -0.15) is 0 Å². The standard InChI is InChI=1S/C42H42S2/c1-3-5-7-9-19-33-21-23-39(43-33)41-35-25-29-15-11-13-17-31(29)27-37(35)42(40-24-22-34(44-40)20-10-8-6-4-2)38-28-32-18-14-12-16-30(32)26-36(38)41/h11-18,21-28H,3-10,19-20H2,1-2H3. The van der Waals surface area contributed by atoms with Crippen molar-refractivity contribution in [3.8, 4) is 20.9 Å². The van der Waals surface area contributed by atoms with Crippen molar-refractivity contribution >= 4 is 65.8 Å². The van der Waals surface area contributed by atoms with Crippen LogP contribution in [0.1, 0.15) is 75.0 Å². The monoisotopic (exact) mass is 610 g/mol. The minimum Gasteiger partial charge on any atom is -0.140 e. The number of hydrogen-bond acceptors (Lipinski definition) is 2. The van der Waals surface area contributed by atoms with Crippen LogP contribution in [-0.4, -0.2) is 0 Å². The summed E-state index contributed by atoms with van der Waals surface area (Å²) in [5.41, 5.74) is 2.80. The Morgan fingerprint density at radius 3 is 1.11 bits per heavy atom. The first-order valence-corrected chi connectivity index (χ1v) is 18.4. The van der Waals surface area contributed by atoms with E-state index in [1.54, 1.807) is 0 Å². The molecule has 2 heteroatoms. The summed E-state index contributed by atoms with van der Waals surface area (Å²) in [7, 11) is 0. The van der Waals surface area contributed by atoms with Gasteiger partial charge in [0.2, 0.25) is 0 Å². The molecular formula is C42H42S2. The van der Waals surface area contributed by atoms with Crippen molar-refractivity contribution in [1.82, 2.24) is 0 Å². The van der Waals surface area contributed by atoms with Crippen molar-refractivity contribution < 1.29 is 0 Å². The topological polar surface area (TPSA) is 0 Å². The minimum atomic E-state index is 1.18. The Labute approximate surface area is 270 Å². The number of thiophene rings is 2. The third-order valence-corrected chi connectivity index (χ3v) is 11.5. The zero-order valence-electron chi connectivity index (χ0n) is 26.1. The lowest BCUT2D eigenvalue weighted by atomic mass is 9.87. The fourth-order valence-corrected chi connectivity index (χ4v) is 9.12.